The zero-order chi connectivity index (χ0) is 19.6. The minimum absolute atomic E-state index is 0.104. The molecule has 1 aromatic heterocycles. The molecule has 0 aliphatic carbocycles. The van der Waals surface area contributed by atoms with E-state index in [1.165, 1.54) is 0 Å². The lowest BCUT2D eigenvalue weighted by atomic mass is 10.2. The molecule has 1 aliphatic rings. The fraction of sp³-hybridized carbons (Fsp3) is 0.421. The van der Waals surface area contributed by atoms with E-state index in [0.29, 0.717) is 18.1 Å². The number of hydrogen-bond acceptors (Lipinski definition) is 5. The van der Waals surface area contributed by atoms with Crippen LogP contribution in [0.15, 0.2) is 24.3 Å². The number of rotatable bonds is 3. The van der Waals surface area contributed by atoms with Crippen molar-refractivity contribution in [3.05, 3.63) is 40.7 Å². The van der Waals surface area contributed by atoms with Gasteiger partial charge in [0.2, 0.25) is 0 Å². The third-order valence-corrected chi connectivity index (χ3v) is 4.84. The number of nitrogens with zero attached hydrogens (tertiary/aromatic N) is 5. The number of piperazine rings is 1. The molecule has 2 aromatic rings. The van der Waals surface area contributed by atoms with Crippen LogP contribution in [0.1, 0.15) is 11.4 Å². The summed E-state index contributed by atoms with van der Waals surface area (Å²) in [5.41, 5.74) is 1.73. The van der Waals surface area contributed by atoms with Gasteiger partial charge in [0, 0.05) is 57.1 Å². The van der Waals surface area contributed by atoms with Gasteiger partial charge in [-0.1, -0.05) is 17.7 Å². The number of hydrogen-bond donors (Lipinski definition) is 1. The van der Waals surface area contributed by atoms with Crippen LogP contribution in [0, 0.1) is 13.8 Å². The van der Waals surface area contributed by atoms with Crippen LogP contribution < -0.4 is 15.1 Å². The van der Waals surface area contributed by atoms with E-state index in [1.54, 1.807) is 6.07 Å². The van der Waals surface area contributed by atoms with Crippen LogP contribution in [-0.2, 0) is 0 Å². The van der Waals surface area contributed by atoms with Gasteiger partial charge in [0.05, 0.1) is 0 Å². The molecule has 1 N–H and O–H groups in total. The summed E-state index contributed by atoms with van der Waals surface area (Å²) in [5, 5.41) is 3.57. The number of urea groups is 1. The summed E-state index contributed by atoms with van der Waals surface area (Å²) in [6.45, 7) is 6.56. The summed E-state index contributed by atoms with van der Waals surface area (Å²) >= 11 is 6.03. The maximum absolute atomic E-state index is 12.6. The summed E-state index contributed by atoms with van der Waals surface area (Å²) in [6, 6.07) is 7.37. The third-order valence-electron chi connectivity index (χ3n) is 4.60. The Balaban J connectivity index is 1.63. The lowest BCUT2D eigenvalue weighted by molar-refractivity contribution is 0.208. The molecule has 0 atom stereocenters. The highest BCUT2D eigenvalue weighted by molar-refractivity contribution is 6.31. The lowest BCUT2D eigenvalue weighted by Gasteiger charge is -2.35. The summed E-state index contributed by atoms with van der Waals surface area (Å²) in [6.07, 6.45) is 0. The first-order chi connectivity index (χ1) is 12.8. The van der Waals surface area contributed by atoms with Gasteiger partial charge in [-0.05, 0) is 31.5 Å². The Kier molecular flexibility index (Phi) is 5.70. The summed E-state index contributed by atoms with van der Waals surface area (Å²) < 4.78 is 0. The normalized spacial score (nSPS) is 14.3. The highest BCUT2D eigenvalue weighted by atomic mass is 35.5. The van der Waals surface area contributed by atoms with Crippen molar-refractivity contribution in [1.82, 2.24) is 14.9 Å². The second-order valence-electron chi connectivity index (χ2n) is 6.89. The molecule has 1 saturated heterocycles. The van der Waals surface area contributed by atoms with E-state index in [9.17, 15) is 4.79 Å². The summed E-state index contributed by atoms with van der Waals surface area (Å²) in [7, 11) is 3.93. The molecule has 27 heavy (non-hydrogen) atoms. The number of benzene rings is 1. The largest absolute Gasteiger partial charge is 0.363 e. The third kappa shape index (κ3) is 4.60. The Morgan fingerprint density at radius 2 is 1.81 bits per heavy atom. The molecule has 144 valence electrons. The van der Waals surface area contributed by atoms with Gasteiger partial charge in [-0.2, -0.15) is 0 Å². The predicted molar refractivity (Wildman–Crippen MR) is 110 cm³/mol. The smallest absolute Gasteiger partial charge is 0.321 e. The zero-order valence-corrected chi connectivity index (χ0v) is 16.9. The maximum atomic E-state index is 12.6. The molecule has 1 fully saturated rings. The van der Waals surface area contributed by atoms with Crippen molar-refractivity contribution >= 4 is 35.0 Å². The van der Waals surface area contributed by atoms with E-state index in [2.05, 4.69) is 20.2 Å². The molecule has 3 rings (SSSR count). The first-order valence-electron chi connectivity index (χ1n) is 8.93. The molecule has 2 amide bonds. The van der Waals surface area contributed by atoms with E-state index < -0.39 is 0 Å². The Bertz CT molecular complexity index is 833. The lowest BCUT2D eigenvalue weighted by Crippen LogP contribution is -2.50. The van der Waals surface area contributed by atoms with Gasteiger partial charge in [0.1, 0.15) is 17.5 Å². The van der Waals surface area contributed by atoms with Crippen molar-refractivity contribution in [2.75, 3.05) is 55.4 Å². The van der Waals surface area contributed by atoms with Crippen LogP contribution in [0.3, 0.4) is 0 Å². The van der Waals surface area contributed by atoms with Gasteiger partial charge in [0.15, 0.2) is 0 Å². The molecule has 2 heterocycles. The molecule has 0 spiro atoms. The molecular formula is C19H25ClN6O. The van der Waals surface area contributed by atoms with Crippen LogP contribution in [0.5, 0.6) is 0 Å². The molecule has 0 radical (unpaired) electrons. The molecule has 1 aliphatic heterocycles. The van der Waals surface area contributed by atoms with Crippen molar-refractivity contribution in [2.45, 2.75) is 13.8 Å². The van der Waals surface area contributed by atoms with Crippen molar-refractivity contribution in [1.29, 1.82) is 0 Å². The molecule has 1 aromatic carbocycles. The average molecular weight is 389 g/mol. The second-order valence-corrected chi connectivity index (χ2v) is 7.33. The van der Waals surface area contributed by atoms with Crippen LogP contribution in [0.4, 0.5) is 22.1 Å². The van der Waals surface area contributed by atoms with Gasteiger partial charge >= 0.3 is 6.03 Å². The minimum atomic E-state index is -0.104. The number of carbonyl (C=O) groups excluding carboxylic acids is 1. The van der Waals surface area contributed by atoms with Crippen molar-refractivity contribution in [3.63, 3.8) is 0 Å². The second kappa shape index (κ2) is 8.00. The number of anilines is 3. The molecule has 0 saturated carbocycles. The van der Waals surface area contributed by atoms with Crippen molar-refractivity contribution in [3.8, 4) is 0 Å². The highest BCUT2D eigenvalue weighted by Crippen LogP contribution is 2.22. The van der Waals surface area contributed by atoms with E-state index in [-0.39, 0.29) is 6.03 Å². The Morgan fingerprint density at radius 3 is 2.48 bits per heavy atom. The van der Waals surface area contributed by atoms with Crippen LogP contribution in [0.2, 0.25) is 5.02 Å². The van der Waals surface area contributed by atoms with Gasteiger partial charge in [-0.15, -0.1) is 0 Å². The number of halogens is 1. The highest BCUT2D eigenvalue weighted by Gasteiger charge is 2.23. The Labute approximate surface area is 165 Å². The Hall–Kier alpha value is -2.54. The van der Waals surface area contributed by atoms with Crippen molar-refractivity contribution in [2.24, 2.45) is 0 Å². The number of carbonyl (C=O) groups is 1. The fourth-order valence-electron chi connectivity index (χ4n) is 2.99. The van der Waals surface area contributed by atoms with Crippen LogP contribution in [-0.4, -0.2) is 61.2 Å². The number of aromatic nitrogens is 2. The summed E-state index contributed by atoms with van der Waals surface area (Å²) in [4.78, 5) is 27.6. The maximum Gasteiger partial charge on any atom is 0.321 e. The molecule has 7 nitrogen and oxygen atoms in total. The fourth-order valence-corrected chi connectivity index (χ4v) is 3.16. The van der Waals surface area contributed by atoms with Crippen LogP contribution >= 0.6 is 11.6 Å². The SMILES string of the molecule is Cc1nc(N(C)C)cc(N2CCN(C(=O)Nc3cc(Cl)ccc3C)CC2)n1. The average Bonchev–Trinajstić information content (AvgIpc) is 2.64. The topological polar surface area (TPSA) is 64.6 Å². The zero-order valence-electron chi connectivity index (χ0n) is 16.2. The summed E-state index contributed by atoms with van der Waals surface area (Å²) in [5.74, 6) is 2.53. The number of aryl methyl sites for hydroxylation is 2. The first-order valence-corrected chi connectivity index (χ1v) is 9.31. The van der Waals surface area contributed by atoms with E-state index in [0.717, 1.165) is 41.8 Å². The number of amides is 2. The van der Waals surface area contributed by atoms with Crippen LogP contribution in [0.25, 0.3) is 0 Å². The molecule has 0 bridgehead atoms. The van der Waals surface area contributed by atoms with Gasteiger partial charge in [-0.25, -0.2) is 14.8 Å². The first kappa shape index (κ1) is 19.2. The van der Waals surface area contributed by atoms with E-state index in [4.69, 9.17) is 11.6 Å². The van der Waals surface area contributed by atoms with E-state index >= 15 is 0 Å². The van der Waals surface area contributed by atoms with Gasteiger partial charge in [-0.3, -0.25) is 0 Å². The minimum Gasteiger partial charge on any atom is -0.363 e. The number of nitrogens with one attached hydrogen (secondary N) is 1. The molecular weight excluding hydrogens is 364 g/mol. The Morgan fingerprint density at radius 1 is 1.11 bits per heavy atom. The van der Waals surface area contributed by atoms with Gasteiger partial charge in [0.25, 0.3) is 0 Å². The molecule has 0 unspecified atom stereocenters. The van der Waals surface area contributed by atoms with E-state index in [1.807, 2.05) is 55.9 Å². The van der Waals surface area contributed by atoms with Crippen molar-refractivity contribution < 1.29 is 4.79 Å². The predicted octanol–water partition coefficient (Wildman–Crippen LogP) is 3.17. The molecule has 8 heteroatoms. The quantitative estimate of drug-likeness (QED) is 0.874. The standard InChI is InChI=1S/C19H25ClN6O/c1-13-5-6-15(20)11-16(13)23-19(27)26-9-7-25(8-10-26)18-12-17(24(3)4)21-14(2)22-18/h5-6,11-12H,7-10H2,1-4H3,(H,23,27). The van der Waals surface area contributed by atoms with Gasteiger partial charge < -0.3 is 20.0 Å². The monoisotopic (exact) mass is 388 g/mol.